The van der Waals surface area contributed by atoms with E-state index in [0.29, 0.717) is 36.4 Å². The van der Waals surface area contributed by atoms with Crippen LogP contribution in [0.25, 0.3) is 11.4 Å². The normalized spacial score (nSPS) is 16.3. The molecule has 9 heteroatoms. The third-order valence-corrected chi connectivity index (χ3v) is 6.53. The minimum Gasteiger partial charge on any atom is -0.352 e. The molecule has 4 aromatic rings. The Bertz CT molecular complexity index is 1270. The number of carbonyl (C=O) groups excluding carboxylic acids is 1. The molecule has 2 aromatic carbocycles. The van der Waals surface area contributed by atoms with Crippen molar-refractivity contribution in [3.05, 3.63) is 89.3 Å². The molecule has 0 bridgehead atoms. The Morgan fingerprint density at radius 1 is 1.14 bits per heavy atom. The molecule has 0 radical (unpaired) electrons. The number of piperidine rings is 1. The van der Waals surface area contributed by atoms with Gasteiger partial charge in [-0.3, -0.25) is 9.69 Å². The number of likely N-dealkylation sites (tertiary alicyclic amines) is 1. The Labute approximate surface area is 208 Å². The maximum absolute atomic E-state index is 12.9. The van der Waals surface area contributed by atoms with Crippen molar-refractivity contribution in [1.82, 2.24) is 29.9 Å². The number of amides is 1. The molecule has 180 valence electrons. The zero-order chi connectivity index (χ0) is 24.0. The second-order valence-electron chi connectivity index (χ2n) is 8.84. The van der Waals surface area contributed by atoms with Crippen LogP contribution >= 0.6 is 11.6 Å². The zero-order valence-corrected chi connectivity index (χ0v) is 20.1. The van der Waals surface area contributed by atoms with Gasteiger partial charge in [0.2, 0.25) is 17.6 Å². The van der Waals surface area contributed by atoms with Crippen LogP contribution < -0.4 is 5.32 Å². The lowest BCUT2D eigenvalue weighted by Crippen LogP contribution is -2.42. The van der Waals surface area contributed by atoms with Gasteiger partial charge in [0.1, 0.15) is 0 Å². The number of hydrogen-bond acceptors (Lipinski definition) is 6. The van der Waals surface area contributed by atoms with Crippen LogP contribution in [0.4, 0.5) is 0 Å². The first kappa shape index (κ1) is 23.3. The monoisotopic (exact) mass is 490 g/mol. The van der Waals surface area contributed by atoms with Crippen LogP contribution in [-0.2, 0) is 24.4 Å². The van der Waals surface area contributed by atoms with Gasteiger partial charge in [0, 0.05) is 37.6 Å². The Balaban J connectivity index is 1.14. The molecule has 1 aliphatic heterocycles. The molecule has 1 saturated heterocycles. The minimum absolute atomic E-state index is 0.0659. The number of benzene rings is 2. The first-order chi connectivity index (χ1) is 17.1. The highest BCUT2D eigenvalue weighted by Crippen LogP contribution is 2.25. The highest BCUT2D eigenvalue weighted by Gasteiger charge is 2.27. The van der Waals surface area contributed by atoms with Crippen molar-refractivity contribution in [2.24, 2.45) is 5.92 Å². The molecule has 1 atom stereocenters. The fourth-order valence-corrected chi connectivity index (χ4v) is 4.66. The number of carbonyl (C=O) groups is 1. The molecule has 0 saturated carbocycles. The largest absolute Gasteiger partial charge is 0.352 e. The van der Waals surface area contributed by atoms with Gasteiger partial charge in [-0.2, -0.15) is 4.98 Å². The zero-order valence-electron chi connectivity index (χ0n) is 19.3. The average molecular weight is 491 g/mol. The van der Waals surface area contributed by atoms with E-state index in [2.05, 4.69) is 37.5 Å². The second kappa shape index (κ2) is 10.8. The van der Waals surface area contributed by atoms with E-state index in [1.54, 1.807) is 18.6 Å². The van der Waals surface area contributed by atoms with Crippen LogP contribution in [0.1, 0.15) is 29.9 Å². The molecule has 1 unspecified atom stereocenters. The number of aromatic nitrogens is 4. The molecule has 1 fully saturated rings. The van der Waals surface area contributed by atoms with Gasteiger partial charge in [-0.25, -0.2) is 4.98 Å². The van der Waals surface area contributed by atoms with Gasteiger partial charge in [-0.05, 0) is 42.6 Å². The summed E-state index contributed by atoms with van der Waals surface area (Å²) in [7, 11) is 0. The lowest BCUT2D eigenvalue weighted by Gasteiger charge is -2.30. The number of hydrogen-bond donors (Lipinski definition) is 1. The molecule has 5 rings (SSSR count). The lowest BCUT2D eigenvalue weighted by atomic mass is 9.97. The van der Waals surface area contributed by atoms with E-state index in [-0.39, 0.29) is 11.8 Å². The number of imidazole rings is 1. The fraction of sp³-hybridized carbons (Fsp3) is 0.308. The van der Waals surface area contributed by atoms with E-state index in [4.69, 9.17) is 16.1 Å². The molecule has 35 heavy (non-hydrogen) atoms. The van der Waals surface area contributed by atoms with Gasteiger partial charge >= 0.3 is 0 Å². The Kier molecular flexibility index (Phi) is 7.20. The predicted molar refractivity (Wildman–Crippen MR) is 132 cm³/mol. The number of nitrogens with zero attached hydrogens (tertiary/aromatic N) is 5. The van der Waals surface area contributed by atoms with E-state index in [1.807, 2.05) is 41.1 Å². The van der Waals surface area contributed by atoms with Crippen LogP contribution in [0.3, 0.4) is 0 Å². The van der Waals surface area contributed by atoms with Gasteiger partial charge in [-0.15, -0.1) is 0 Å². The fourth-order valence-electron chi connectivity index (χ4n) is 4.44. The van der Waals surface area contributed by atoms with Crippen LogP contribution in [0, 0.1) is 5.92 Å². The molecule has 2 aromatic heterocycles. The van der Waals surface area contributed by atoms with Crippen molar-refractivity contribution in [2.45, 2.75) is 32.5 Å². The molecular formula is C26H27ClN6O2. The molecule has 0 aliphatic carbocycles. The Morgan fingerprint density at radius 3 is 2.89 bits per heavy atom. The molecule has 1 N–H and O–H groups in total. The molecule has 3 heterocycles. The van der Waals surface area contributed by atoms with Crippen molar-refractivity contribution in [2.75, 3.05) is 13.1 Å². The smallest absolute Gasteiger partial charge is 0.241 e. The van der Waals surface area contributed by atoms with Gasteiger partial charge in [0.05, 0.1) is 23.8 Å². The average Bonchev–Trinajstić information content (AvgIpc) is 3.56. The molecule has 8 nitrogen and oxygen atoms in total. The van der Waals surface area contributed by atoms with E-state index in [0.717, 1.165) is 37.1 Å². The molecular weight excluding hydrogens is 464 g/mol. The van der Waals surface area contributed by atoms with E-state index >= 15 is 0 Å². The number of rotatable bonds is 8. The number of halogens is 1. The van der Waals surface area contributed by atoms with Gasteiger partial charge < -0.3 is 14.4 Å². The summed E-state index contributed by atoms with van der Waals surface area (Å²) in [5, 5.41) is 7.78. The van der Waals surface area contributed by atoms with Crippen LogP contribution in [0.15, 0.2) is 71.8 Å². The maximum atomic E-state index is 12.9. The summed E-state index contributed by atoms with van der Waals surface area (Å²) in [5.41, 5.74) is 3.00. The topological polar surface area (TPSA) is 89.1 Å². The van der Waals surface area contributed by atoms with Crippen LogP contribution in [0.2, 0.25) is 5.02 Å². The quantitative estimate of drug-likeness (QED) is 0.399. The summed E-state index contributed by atoms with van der Waals surface area (Å²) in [6.45, 7) is 3.34. The molecule has 1 aliphatic rings. The lowest BCUT2D eigenvalue weighted by molar-refractivity contribution is -0.127. The van der Waals surface area contributed by atoms with E-state index in [1.165, 1.54) is 5.56 Å². The Morgan fingerprint density at radius 2 is 2.03 bits per heavy atom. The summed E-state index contributed by atoms with van der Waals surface area (Å²) in [6, 6.07) is 15.7. The summed E-state index contributed by atoms with van der Waals surface area (Å²) in [6.07, 6.45) is 7.33. The first-order valence-electron chi connectivity index (χ1n) is 11.7. The van der Waals surface area contributed by atoms with Crippen LogP contribution in [0.5, 0.6) is 0 Å². The minimum atomic E-state index is -0.0659. The summed E-state index contributed by atoms with van der Waals surface area (Å²) >= 11 is 6.25. The molecule has 0 spiro atoms. The second-order valence-corrected chi connectivity index (χ2v) is 9.25. The highest BCUT2D eigenvalue weighted by atomic mass is 35.5. The predicted octanol–water partition coefficient (Wildman–Crippen LogP) is 4.16. The Hall–Kier alpha value is -3.49. The SMILES string of the molecule is O=C(NCc1cccc(Cn2ccnc2)c1)C1CCCN(Cc2nc(-c3ccccc3Cl)no2)C1. The van der Waals surface area contributed by atoms with Gasteiger partial charge in [0.25, 0.3) is 0 Å². The van der Waals surface area contributed by atoms with E-state index in [9.17, 15) is 4.79 Å². The van der Waals surface area contributed by atoms with Crippen molar-refractivity contribution in [3.63, 3.8) is 0 Å². The van der Waals surface area contributed by atoms with Crippen molar-refractivity contribution in [3.8, 4) is 11.4 Å². The van der Waals surface area contributed by atoms with Gasteiger partial charge in [-0.1, -0.05) is 53.2 Å². The van der Waals surface area contributed by atoms with Crippen molar-refractivity contribution >= 4 is 17.5 Å². The van der Waals surface area contributed by atoms with E-state index < -0.39 is 0 Å². The summed E-state index contributed by atoms with van der Waals surface area (Å²) in [4.78, 5) is 23.7. The first-order valence-corrected chi connectivity index (χ1v) is 12.1. The van der Waals surface area contributed by atoms with Crippen molar-refractivity contribution < 1.29 is 9.32 Å². The maximum Gasteiger partial charge on any atom is 0.241 e. The summed E-state index contributed by atoms with van der Waals surface area (Å²) in [5.74, 6) is 1.02. The number of nitrogens with one attached hydrogen (secondary N) is 1. The van der Waals surface area contributed by atoms with Crippen LogP contribution in [-0.4, -0.2) is 43.6 Å². The summed E-state index contributed by atoms with van der Waals surface area (Å²) < 4.78 is 7.48. The molecule has 1 amide bonds. The third kappa shape index (κ3) is 5.96. The standard InChI is InChI=1S/C26H27ClN6O2/c27-23-9-2-1-8-22(23)25-30-24(35-31-25)17-32-11-4-7-21(16-32)26(34)29-14-19-5-3-6-20(13-19)15-33-12-10-28-18-33/h1-3,5-6,8-10,12-13,18,21H,4,7,11,14-17H2,(H,29,34). The highest BCUT2D eigenvalue weighted by molar-refractivity contribution is 6.33. The van der Waals surface area contributed by atoms with Gasteiger partial charge in [0.15, 0.2) is 0 Å². The van der Waals surface area contributed by atoms with Crippen molar-refractivity contribution in [1.29, 1.82) is 0 Å². The third-order valence-electron chi connectivity index (χ3n) is 6.20.